The molecule has 136 valence electrons. The maximum absolute atomic E-state index is 12.3. The fourth-order valence-electron chi connectivity index (χ4n) is 2.30. The second-order valence-corrected chi connectivity index (χ2v) is 8.98. The van der Waals surface area contributed by atoms with Crippen molar-refractivity contribution in [2.75, 3.05) is 6.54 Å². The molecule has 0 bridgehead atoms. The molecule has 1 aliphatic heterocycles. The van der Waals surface area contributed by atoms with Gasteiger partial charge in [-0.05, 0) is 24.3 Å². The van der Waals surface area contributed by atoms with Gasteiger partial charge in [0.05, 0.1) is 6.54 Å². The van der Waals surface area contributed by atoms with Gasteiger partial charge in [-0.25, -0.2) is 16.8 Å². The number of fused-ring (bicyclic) bond motifs is 1. The number of hydrogen-bond donors (Lipinski definition) is 2. The van der Waals surface area contributed by atoms with Crippen LogP contribution in [0.3, 0.4) is 0 Å². The molecule has 1 heterocycles. The van der Waals surface area contributed by atoms with Crippen LogP contribution >= 0.6 is 0 Å². The van der Waals surface area contributed by atoms with E-state index >= 15 is 0 Å². The Kier molecular flexibility index (Phi) is 4.52. The van der Waals surface area contributed by atoms with Crippen LogP contribution in [0.25, 0.3) is 0 Å². The number of hydrogen-bond acceptors (Lipinski definition) is 6. The number of hydrazine groups is 1. The highest BCUT2D eigenvalue weighted by molar-refractivity contribution is 8.06. The molecule has 11 heteroatoms. The first-order chi connectivity index (χ1) is 12.2. The first kappa shape index (κ1) is 18.0. The van der Waals surface area contributed by atoms with Crippen LogP contribution in [-0.4, -0.2) is 39.0 Å². The summed E-state index contributed by atoms with van der Waals surface area (Å²) in [6.07, 6.45) is 0. The van der Waals surface area contributed by atoms with Crippen LogP contribution in [0.15, 0.2) is 64.4 Å². The summed E-state index contributed by atoms with van der Waals surface area (Å²) >= 11 is 0. The van der Waals surface area contributed by atoms with Crippen molar-refractivity contribution in [1.29, 1.82) is 0 Å². The maximum Gasteiger partial charge on any atom is 0.275 e. The van der Waals surface area contributed by atoms with Gasteiger partial charge in [0.15, 0.2) is 0 Å². The molecule has 0 atom stereocenters. The van der Waals surface area contributed by atoms with Crippen LogP contribution in [0.4, 0.5) is 0 Å². The quantitative estimate of drug-likeness (QED) is 0.740. The predicted octanol–water partition coefficient (Wildman–Crippen LogP) is -0.159. The van der Waals surface area contributed by atoms with Crippen molar-refractivity contribution in [2.24, 2.45) is 0 Å². The molecule has 0 aromatic heterocycles. The smallest absolute Gasteiger partial charge is 0.275 e. The van der Waals surface area contributed by atoms with Crippen molar-refractivity contribution < 1.29 is 26.4 Å². The van der Waals surface area contributed by atoms with Crippen molar-refractivity contribution in [3.63, 3.8) is 0 Å². The summed E-state index contributed by atoms with van der Waals surface area (Å²) in [4.78, 5) is 23.0. The number of sulfonamides is 2. The predicted molar refractivity (Wildman–Crippen MR) is 89.6 cm³/mol. The van der Waals surface area contributed by atoms with Gasteiger partial charge in [-0.15, -0.1) is 0 Å². The molecule has 2 N–H and O–H groups in total. The van der Waals surface area contributed by atoms with E-state index in [2.05, 4.69) is 5.32 Å². The molecular weight excluding hydrogens is 382 g/mol. The van der Waals surface area contributed by atoms with E-state index in [4.69, 9.17) is 0 Å². The third-order valence-corrected chi connectivity index (χ3v) is 7.69. The summed E-state index contributed by atoms with van der Waals surface area (Å²) in [5.74, 6) is -1.56. The zero-order valence-corrected chi connectivity index (χ0v) is 14.7. The van der Waals surface area contributed by atoms with E-state index in [0.717, 1.165) is 12.1 Å². The van der Waals surface area contributed by atoms with E-state index in [1.165, 1.54) is 24.3 Å². The van der Waals surface area contributed by atoms with Gasteiger partial charge in [0.1, 0.15) is 9.79 Å². The SMILES string of the molecule is O=C(CNC(=O)c1ccccc1)NN1S(=O)(=O)c2ccccc2S1(=O)=O. The average Bonchev–Trinajstić information content (AvgIpc) is 2.78. The molecule has 0 fully saturated rings. The van der Waals surface area contributed by atoms with Crippen LogP contribution in [0, 0.1) is 0 Å². The van der Waals surface area contributed by atoms with Gasteiger partial charge in [0.2, 0.25) is 0 Å². The summed E-state index contributed by atoms with van der Waals surface area (Å²) in [6, 6.07) is 13.0. The summed E-state index contributed by atoms with van der Waals surface area (Å²) < 4.78 is 49.3. The lowest BCUT2D eigenvalue weighted by atomic mass is 10.2. The van der Waals surface area contributed by atoms with Gasteiger partial charge >= 0.3 is 0 Å². The number of carbonyl (C=O) groups excluding carboxylic acids is 2. The Morgan fingerprint density at radius 2 is 1.31 bits per heavy atom. The van der Waals surface area contributed by atoms with E-state index in [0.29, 0.717) is 5.56 Å². The topological polar surface area (TPSA) is 130 Å². The molecule has 0 radical (unpaired) electrons. The Morgan fingerprint density at radius 3 is 1.85 bits per heavy atom. The normalized spacial score (nSPS) is 17.2. The standard InChI is InChI=1S/C15H13N3O6S2/c19-14(10-16-15(20)11-6-2-1-3-7-11)17-18-25(21,22)12-8-4-5-9-13(12)26(18,23)24/h1-9H,10H2,(H,16,20)(H,17,19). The number of rotatable bonds is 4. The number of amides is 2. The Bertz CT molecular complexity index is 1030. The molecule has 3 rings (SSSR count). The molecule has 0 aliphatic carbocycles. The Balaban J connectivity index is 1.73. The minimum atomic E-state index is -4.44. The zero-order valence-electron chi connectivity index (χ0n) is 13.1. The fourth-order valence-corrected chi connectivity index (χ4v) is 6.39. The monoisotopic (exact) mass is 395 g/mol. The Hall–Kier alpha value is -2.76. The first-order valence-electron chi connectivity index (χ1n) is 7.27. The van der Waals surface area contributed by atoms with Gasteiger partial charge in [-0.1, -0.05) is 30.3 Å². The molecule has 2 amide bonds. The highest BCUT2D eigenvalue weighted by Gasteiger charge is 2.48. The van der Waals surface area contributed by atoms with Gasteiger partial charge in [0.25, 0.3) is 31.9 Å². The van der Waals surface area contributed by atoms with Crippen LogP contribution in [-0.2, 0) is 24.8 Å². The molecule has 9 nitrogen and oxygen atoms in total. The molecule has 26 heavy (non-hydrogen) atoms. The molecular formula is C15H13N3O6S2. The van der Waals surface area contributed by atoms with E-state index in [-0.39, 0.29) is 3.82 Å². The van der Waals surface area contributed by atoms with Crippen molar-refractivity contribution in [2.45, 2.75) is 9.79 Å². The first-order valence-corrected chi connectivity index (χ1v) is 10.1. The lowest BCUT2D eigenvalue weighted by Crippen LogP contribution is -2.49. The van der Waals surface area contributed by atoms with Gasteiger partial charge in [-0.3, -0.25) is 15.0 Å². The van der Waals surface area contributed by atoms with E-state index in [1.807, 2.05) is 5.43 Å². The summed E-state index contributed by atoms with van der Waals surface area (Å²) in [7, 11) is -8.88. The van der Waals surface area contributed by atoms with Crippen molar-refractivity contribution >= 4 is 31.9 Å². The molecule has 2 aromatic carbocycles. The van der Waals surface area contributed by atoms with E-state index < -0.39 is 48.2 Å². The Labute approximate surface area is 149 Å². The third-order valence-electron chi connectivity index (χ3n) is 3.50. The number of nitrogens with zero attached hydrogens (tertiary/aromatic N) is 1. The molecule has 0 saturated carbocycles. The van der Waals surface area contributed by atoms with Crippen LogP contribution < -0.4 is 10.7 Å². The maximum atomic E-state index is 12.3. The third kappa shape index (κ3) is 3.07. The number of carbonyl (C=O) groups is 2. The molecule has 1 aliphatic rings. The average molecular weight is 395 g/mol. The van der Waals surface area contributed by atoms with E-state index in [9.17, 15) is 26.4 Å². The summed E-state index contributed by atoms with van der Waals surface area (Å²) in [5.41, 5.74) is 2.12. The highest BCUT2D eigenvalue weighted by Crippen LogP contribution is 2.34. The highest BCUT2D eigenvalue weighted by atomic mass is 32.3. The lowest BCUT2D eigenvalue weighted by Gasteiger charge is -2.15. The number of benzene rings is 2. The van der Waals surface area contributed by atoms with E-state index in [1.54, 1.807) is 18.2 Å². The Morgan fingerprint density at radius 1 is 0.808 bits per heavy atom. The molecule has 0 saturated heterocycles. The second-order valence-electron chi connectivity index (χ2n) is 5.24. The fraction of sp³-hybridized carbons (Fsp3) is 0.0667. The zero-order chi connectivity index (χ0) is 18.9. The van der Waals surface area contributed by atoms with Crippen LogP contribution in [0.1, 0.15) is 10.4 Å². The van der Waals surface area contributed by atoms with Gasteiger partial charge in [-0.2, -0.15) is 0 Å². The minimum Gasteiger partial charge on any atom is -0.343 e. The van der Waals surface area contributed by atoms with Crippen molar-refractivity contribution in [1.82, 2.24) is 14.6 Å². The number of nitrogens with one attached hydrogen (secondary N) is 2. The largest absolute Gasteiger partial charge is 0.343 e. The van der Waals surface area contributed by atoms with Gasteiger partial charge < -0.3 is 5.32 Å². The minimum absolute atomic E-state index is 0.0817. The molecule has 0 unspecified atom stereocenters. The molecule has 0 spiro atoms. The molecule has 2 aromatic rings. The summed E-state index contributed by atoms with van der Waals surface area (Å²) in [5, 5.41) is 2.28. The van der Waals surface area contributed by atoms with Gasteiger partial charge in [0, 0.05) is 9.38 Å². The summed E-state index contributed by atoms with van der Waals surface area (Å²) in [6.45, 7) is -0.606. The van der Waals surface area contributed by atoms with Crippen molar-refractivity contribution in [3.05, 3.63) is 60.2 Å². The van der Waals surface area contributed by atoms with Crippen LogP contribution in [0.5, 0.6) is 0 Å². The van der Waals surface area contributed by atoms with Crippen LogP contribution in [0.2, 0.25) is 0 Å². The second kappa shape index (κ2) is 6.52. The van der Waals surface area contributed by atoms with Crippen molar-refractivity contribution in [3.8, 4) is 0 Å². The lowest BCUT2D eigenvalue weighted by molar-refractivity contribution is -0.121.